The maximum atomic E-state index is 11.9. The fourth-order valence-corrected chi connectivity index (χ4v) is 1.88. The van der Waals surface area contributed by atoms with Gasteiger partial charge in [0, 0.05) is 12.5 Å². The van der Waals surface area contributed by atoms with Crippen molar-refractivity contribution in [2.45, 2.75) is 20.4 Å². The summed E-state index contributed by atoms with van der Waals surface area (Å²) in [4.78, 5) is 37.7. The van der Waals surface area contributed by atoms with Crippen molar-refractivity contribution in [3.8, 4) is 0 Å². The molecule has 0 aliphatic heterocycles. The van der Waals surface area contributed by atoms with Gasteiger partial charge in [0.15, 0.2) is 12.4 Å². The predicted octanol–water partition coefficient (Wildman–Crippen LogP) is 0.869. The summed E-state index contributed by atoms with van der Waals surface area (Å²) in [5, 5.41) is 10.8. The lowest BCUT2D eigenvalue weighted by Gasteiger charge is -2.07. The molecule has 0 bridgehead atoms. The molecule has 0 atom stereocenters. The van der Waals surface area contributed by atoms with Crippen LogP contribution in [0.2, 0.25) is 0 Å². The van der Waals surface area contributed by atoms with Gasteiger partial charge in [-0.3, -0.25) is 20.4 Å². The highest BCUT2D eigenvalue weighted by atomic mass is 16.6. The first-order chi connectivity index (χ1) is 10.9. The quantitative estimate of drug-likeness (QED) is 0.640. The van der Waals surface area contributed by atoms with Crippen LogP contribution >= 0.6 is 0 Å². The minimum absolute atomic E-state index is 0.289. The first kappa shape index (κ1) is 16.1. The molecular weight excluding hydrogens is 302 g/mol. The summed E-state index contributed by atoms with van der Waals surface area (Å²) in [7, 11) is 0. The highest BCUT2D eigenvalue weighted by Gasteiger charge is 2.20. The van der Waals surface area contributed by atoms with E-state index in [0.29, 0.717) is 11.4 Å². The van der Waals surface area contributed by atoms with Crippen LogP contribution in [0.15, 0.2) is 30.5 Å². The van der Waals surface area contributed by atoms with Crippen molar-refractivity contribution in [3.05, 3.63) is 57.5 Å². The van der Waals surface area contributed by atoms with Gasteiger partial charge in [-0.25, -0.2) is 9.55 Å². The molecule has 0 saturated heterocycles. The van der Waals surface area contributed by atoms with Crippen molar-refractivity contribution in [3.63, 3.8) is 0 Å². The number of nitrogens with zero attached hydrogens (tertiary/aromatic N) is 3. The number of rotatable bonds is 4. The summed E-state index contributed by atoms with van der Waals surface area (Å²) >= 11 is 0. The summed E-state index contributed by atoms with van der Waals surface area (Å²) < 4.78 is 1.15. The van der Waals surface area contributed by atoms with Gasteiger partial charge in [-0.2, -0.15) is 0 Å². The van der Waals surface area contributed by atoms with Crippen molar-refractivity contribution in [2.24, 2.45) is 0 Å². The van der Waals surface area contributed by atoms with Gasteiger partial charge in [0.25, 0.3) is 11.8 Å². The van der Waals surface area contributed by atoms with Crippen LogP contribution in [0.5, 0.6) is 0 Å². The van der Waals surface area contributed by atoms with Crippen LogP contribution < -0.4 is 10.9 Å². The zero-order chi connectivity index (χ0) is 17.0. The Bertz CT molecular complexity index is 751. The number of aryl methyl sites for hydroxylation is 2. The molecule has 0 aliphatic carbocycles. The van der Waals surface area contributed by atoms with Gasteiger partial charge in [0.05, 0.1) is 0 Å². The van der Waals surface area contributed by atoms with Gasteiger partial charge >= 0.3 is 5.82 Å². The lowest BCUT2D eigenvalue weighted by atomic mass is 10.1. The molecule has 120 valence electrons. The molecule has 0 radical (unpaired) electrons. The van der Waals surface area contributed by atoms with E-state index < -0.39 is 16.7 Å². The summed E-state index contributed by atoms with van der Waals surface area (Å²) in [6.07, 6.45) is 1.08. The number of carbonyl (C=O) groups excluding carboxylic acids is 2. The Kier molecular flexibility index (Phi) is 4.69. The average Bonchev–Trinajstić information content (AvgIpc) is 2.87. The number of hydrogen-bond donors (Lipinski definition) is 2. The van der Waals surface area contributed by atoms with Gasteiger partial charge in [-0.1, -0.05) is 17.7 Å². The standard InChI is InChI=1S/C14H15N5O4/c1-9-3-5-11(6-4-9)14(21)17-16-12(20)8-18-10(2)15-7-13(18)19(22)23/h3-7H,8H2,1-2H3,(H,16,20)(H,17,21). The summed E-state index contributed by atoms with van der Waals surface area (Å²) in [5.41, 5.74) is 5.87. The van der Waals surface area contributed by atoms with E-state index in [1.165, 1.54) is 0 Å². The van der Waals surface area contributed by atoms with E-state index in [1.54, 1.807) is 31.2 Å². The van der Waals surface area contributed by atoms with E-state index in [9.17, 15) is 19.7 Å². The van der Waals surface area contributed by atoms with Crippen molar-refractivity contribution in [2.75, 3.05) is 0 Å². The fraction of sp³-hybridized carbons (Fsp3) is 0.214. The number of nitro groups is 1. The van der Waals surface area contributed by atoms with Crippen molar-refractivity contribution in [1.82, 2.24) is 20.4 Å². The molecule has 0 aliphatic rings. The van der Waals surface area contributed by atoms with Crippen LogP contribution in [0, 0.1) is 24.0 Å². The van der Waals surface area contributed by atoms with Crippen LogP contribution in [0.1, 0.15) is 21.7 Å². The van der Waals surface area contributed by atoms with Crippen molar-refractivity contribution < 1.29 is 14.5 Å². The van der Waals surface area contributed by atoms with E-state index in [2.05, 4.69) is 15.8 Å². The fourth-order valence-electron chi connectivity index (χ4n) is 1.88. The molecule has 9 nitrogen and oxygen atoms in total. The lowest BCUT2D eigenvalue weighted by molar-refractivity contribution is -0.392. The number of nitrogens with one attached hydrogen (secondary N) is 2. The Labute approximate surface area is 131 Å². The minimum Gasteiger partial charge on any atom is -0.358 e. The molecule has 0 spiro atoms. The van der Waals surface area contributed by atoms with Gasteiger partial charge in [0.1, 0.15) is 6.20 Å². The predicted molar refractivity (Wildman–Crippen MR) is 80.4 cm³/mol. The first-order valence-corrected chi connectivity index (χ1v) is 6.71. The van der Waals surface area contributed by atoms with Crippen molar-refractivity contribution >= 4 is 17.6 Å². The lowest BCUT2D eigenvalue weighted by Crippen LogP contribution is -2.43. The number of carbonyl (C=O) groups is 2. The Morgan fingerprint density at radius 1 is 1.22 bits per heavy atom. The number of aromatic nitrogens is 2. The molecule has 0 unspecified atom stereocenters. The third-order valence-electron chi connectivity index (χ3n) is 3.15. The Balaban J connectivity index is 1.95. The molecule has 23 heavy (non-hydrogen) atoms. The van der Waals surface area contributed by atoms with Crippen LogP contribution in [0.25, 0.3) is 0 Å². The van der Waals surface area contributed by atoms with Crippen molar-refractivity contribution in [1.29, 1.82) is 0 Å². The second kappa shape index (κ2) is 6.69. The summed E-state index contributed by atoms with van der Waals surface area (Å²) in [6.45, 7) is 3.12. The molecule has 0 fully saturated rings. The number of imidazole rings is 1. The molecular formula is C14H15N5O4. The molecule has 2 rings (SSSR count). The molecule has 9 heteroatoms. The molecule has 2 N–H and O–H groups in total. The van der Waals surface area contributed by atoms with E-state index in [0.717, 1.165) is 16.3 Å². The first-order valence-electron chi connectivity index (χ1n) is 6.71. The molecule has 0 saturated carbocycles. The third-order valence-corrected chi connectivity index (χ3v) is 3.15. The smallest absolute Gasteiger partial charge is 0.343 e. The normalized spacial score (nSPS) is 10.2. The second-order valence-electron chi connectivity index (χ2n) is 4.88. The van der Waals surface area contributed by atoms with E-state index in [-0.39, 0.29) is 12.4 Å². The van der Waals surface area contributed by atoms with Crippen LogP contribution in [0.3, 0.4) is 0 Å². The molecule has 1 heterocycles. The van der Waals surface area contributed by atoms with E-state index in [4.69, 9.17) is 0 Å². The average molecular weight is 317 g/mol. The van der Waals surface area contributed by atoms with Crippen LogP contribution in [0.4, 0.5) is 5.82 Å². The van der Waals surface area contributed by atoms with Gasteiger partial charge in [-0.05, 0) is 24.0 Å². The molecule has 1 aromatic heterocycles. The topological polar surface area (TPSA) is 119 Å². The van der Waals surface area contributed by atoms with E-state index >= 15 is 0 Å². The number of hydrazine groups is 1. The maximum Gasteiger partial charge on any atom is 0.343 e. The number of hydrogen-bond acceptors (Lipinski definition) is 5. The Morgan fingerprint density at radius 2 is 1.87 bits per heavy atom. The Hall–Kier alpha value is -3.23. The summed E-state index contributed by atoms with van der Waals surface area (Å²) in [6, 6.07) is 6.80. The summed E-state index contributed by atoms with van der Waals surface area (Å²) in [5.74, 6) is -1.04. The van der Waals surface area contributed by atoms with Gasteiger partial charge in [0.2, 0.25) is 0 Å². The zero-order valence-corrected chi connectivity index (χ0v) is 12.6. The number of amides is 2. The maximum absolute atomic E-state index is 11.9. The van der Waals surface area contributed by atoms with Crippen LogP contribution in [-0.2, 0) is 11.3 Å². The monoisotopic (exact) mass is 317 g/mol. The molecule has 2 aromatic rings. The third kappa shape index (κ3) is 3.90. The minimum atomic E-state index is -0.627. The second-order valence-corrected chi connectivity index (χ2v) is 4.88. The highest BCUT2D eigenvalue weighted by Crippen LogP contribution is 2.12. The Morgan fingerprint density at radius 3 is 2.48 bits per heavy atom. The van der Waals surface area contributed by atoms with Crippen LogP contribution in [-0.4, -0.2) is 26.3 Å². The molecule has 1 aromatic carbocycles. The van der Waals surface area contributed by atoms with Gasteiger partial charge in [-0.15, -0.1) is 0 Å². The number of benzene rings is 1. The SMILES string of the molecule is Cc1ccc(C(=O)NNC(=O)Cn2c([N+](=O)[O-])cnc2C)cc1. The molecule has 2 amide bonds. The zero-order valence-electron chi connectivity index (χ0n) is 12.6. The van der Waals surface area contributed by atoms with Gasteiger partial charge < -0.3 is 10.1 Å². The highest BCUT2D eigenvalue weighted by molar-refractivity contribution is 5.95. The largest absolute Gasteiger partial charge is 0.358 e. The van der Waals surface area contributed by atoms with E-state index in [1.807, 2.05) is 6.92 Å².